The number of nitrogens with one attached hydrogen (secondary N) is 2. The molecule has 0 aromatic heterocycles. The molecule has 6 heteroatoms. The van der Waals surface area contributed by atoms with Crippen LogP contribution in [0.2, 0.25) is 10.0 Å². The zero-order chi connectivity index (χ0) is 16.7. The molecule has 122 valence electrons. The topological polar surface area (TPSA) is 24.1 Å². The summed E-state index contributed by atoms with van der Waals surface area (Å²) in [6, 6.07) is 15.4. The van der Waals surface area contributed by atoms with E-state index in [1.54, 1.807) is 0 Å². The number of anilines is 1. The van der Waals surface area contributed by atoms with Crippen molar-refractivity contribution >= 4 is 58.0 Å². The minimum atomic E-state index is 0.481. The van der Waals surface area contributed by atoms with Gasteiger partial charge >= 0.3 is 0 Å². The van der Waals surface area contributed by atoms with Crippen LogP contribution < -0.4 is 10.6 Å². The fourth-order valence-electron chi connectivity index (χ4n) is 1.84. The van der Waals surface area contributed by atoms with Crippen molar-refractivity contribution in [3.8, 4) is 0 Å². The Kier molecular flexibility index (Phi) is 7.50. The number of rotatable bonds is 6. The van der Waals surface area contributed by atoms with Crippen molar-refractivity contribution in [2.24, 2.45) is 5.92 Å². The highest BCUT2D eigenvalue weighted by Crippen LogP contribution is 2.22. The molecule has 2 aromatic rings. The predicted octanol–water partition coefficient (Wildman–Crippen LogP) is 5.71. The van der Waals surface area contributed by atoms with Crippen molar-refractivity contribution in [2.45, 2.75) is 11.8 Å². The molecule has 0 bridgehead atoms. The van der Waals surface area contributed by atoms with Gasteiger partial charge in [0.2, 0.25) is 0 Å². The normalized spacial score (nSPS) is 11.8. The van der Waals surface area contributed by atoms with Gasteiger partial charge in [0.15, 0.2) is 5.11 Å². The van der Waals surface area contributed by atoms with Crippen LogP contribution in [0.5, 0.6) is 0 Å². The minimum Gasteiger partial charge on any atom is -0.362 e. The summed E-state index contributed by atoms with van der Waals surface area (Å²) < 4.78 is 0. The maximum absolute atomic E-state index is 5.95. The molecule has 0 heterocycles. The molecule has 0 amide bonds. The summed E-state index contributed by atoms with van der Waals surface area (Å²) >= 11 is 19.0. The Morgan fingerprint density at radius 2 is 1.87 bits per heavy atom. The number of halogens is 2. The lowest BCUT2D eigenvalue weighted by atomic mass is 10.2. The largest absolute Gasteiger partial charge is 0.362 e. The second kappa shape index (κ2) is 9.38. The molecular formula is C17H18Cl2N2S2. The van der Waals surface area contributed by atoms with E-state index in [2.05, 4.69) is 17.6 Å². The SMILES string of the molecule is C[C@H](CNC(=S)Nc1cccc(Cl)c1)CSc1ccc(Cl)cc1. The molecule has 1 atom stereocenters. The smallest absolute Gasteiger partial charge is 0.170 e. The van der Waals surface area contributed by atoms with Crippen LogP contribution >= 0.6 is 47.2 Å². The Morgan fingerprint density at radius 3 is 2.57 bits per heavy atom. The molecule has 0 aliphatic heterocycles. The lowest BCUT2D eigenvalue weighted by Crippen LogP contribution is -2.32. The molecule has 2 rings (SSSR count). The number of thioether (sulfide) groups is 1. The number of hydrogen-bond donors (Lipinski definition) is 2. The molecule has 0 aliphatic carbocycles. The van der Waals surface area contributed by atoms with Crippen LogP contribution in [0.1, 0.15) is 6.92 Å². The Balaban J connectivity index is 1.70. The Morgan fingerprint density at radius 1 is 1.13 bits per heavy atom. The Labute approximate surface area is 157 Å². The maximum atomic E-state index is 5.95. The fraction of sp³-hybridized carbons (Fsp3) is 0.235. The zero-order valence-electron chi connectivity index (χ0n) is 12.7. The van der Waals surface area contributed by atoms with Crippen molar-refractivity contribution in [3.63, 3.8) is 0 Å². The van der Waals surface area contributed by atoms with Crippen molar-refractivity contribution in [1.82, 2.24) is 5.32 Å². The quantitative estimate of drug-likeness (QED) is 0.491. The first-order valence-corrected chi connectivity index (χ1v) is 9.36. The highest BCUT2D eigenvalue weighted by atomic mass is 35.5. The number of thiocarbonyl (C=S) groups is 1. The summed E-state index contributed by atoms with van der Waals surface area (Å²) in [5.74, 6) is 1.49. The van der Waals surface area contributed by atoms with Gasteiger partial charge in [0.05, 0.1) is 0 Å². The summed E-state index contributed by atoms with van der Waals surface area (Å²) in [4.78, 5) is 1.22. The van der Waals surface area contributed by atoms with E-state index < -0.39 is 0 Å². The lowest BCUT2D eigenvalue weighted by Gasteiger charge is -2.15. The highest BCUT2D eigenvalue weighted by molar-refractivity contribution is 7.99. The van der Waals surface area contributed by atoms with Gasteiger partial charge in [-0.2, -0.15) is 0 Å². The van der Waals surface area contributed by atoms with Crippen LogP contribution in [0.4, 0.5) is 5.69 Å². The van der Waals surface area contributed by atoms with E-state index >= 15 is 0 Å². The summed E-state index contributed by atoms with van der Waals surface area (Å²) in [7, 11) is 0. The third-order valence-corrected chi connectivity index (χ3v) is 5.12. The standard InChI is InChI=1S/C17H18Cl2N2S2/c1-12(11-23-16-7-5-13(18)6-8-16)10-20-17(22)21-15-4-2-3-14(19)9-15/h2-9,12H,10-11H2,1H3,(H2,20,21,22)/t12-/m1/s1. The molecule has 0 saturated carbocycles. The molecular weight excluding hydrogens is 367 g/mol. The van der Waals surface area contributed by atoms with Gasteiger partial charge in [0.25, 0.3) is 0 Å². The molecule has 2 nitrogen and oxygen atoms in total. The lowest BCUT2D eigenvalue weighted by molar-refractivity contribution is 0.637. The second-order valence-corrected chi connectivity index (χ2v) is 7.59. The molecule has 23 heavy (non-hydrogen) atoms. The van der Waals surface area contributed by atoms with Crippen molar-refractivity contribution in [1.29, 1.82) is 0 Å². The van der Waals surface area contributed by atoms with Crippen LogP contribution in [-0.4, -0.2) is 17.4 Å². The van der Waals surface area contributed by atoms with Crippen molar-refractivity contribution in [2.75, 3.05) is 17.6 Å². The van der Waals surface area contributed by atoms with Crippen LogP contribution in [0, 0.1) is 5.92 Å². The first-order valence-electron chi connectivity index (χ1n) is 7.22. The molecule has 0 fully saturated rings. The van der Waals surface area contributed by atoms with E-state index in [0.717, 1.165) is 23.0 Å². The Hall–Kier alpha value is -0.940. The van der Waals surface area contributed by atoms with Gasteiger partial charge in [-0.25, -0.2) is 0 Å². The molecule has 0 unspecified atom stereocenters. The molecule has 2 aromatic carbocycles. The van der Waals surface area contributed by atoms with Gasteiger partial charge in [-0.1, -0.05) is 36.2 Å². The van der Waals surface area contributed by atoms with E-state index in [0.29, 0.717) is 16.1 Å². The van der Waals surface area contributed by atoms with Crippen molar-refractivity contribution < 1.29 is 0 Å². The predicted molar refractivity (Wildman–Crippen MR) is 107 cm³/mol. The van der Waals surface area contributed by atoms with E-state index in [1.807, 2.05) is 60.3 Å². The summed E-state index contributed by atoms with van der Waals surface area (Å²) in [6.45, 7) is 3.00. The first kappa shape index (κ1) is 18.4. The van der Waals surface area contributed by atoms with Gasteiger partial charge in [-0.15, -0.1) is 11.8 Å². The third-order valence-electron chi connectivity index (χ3n) is 3.04. The molecule has 0 aliphatic rings. The van der Waals surface area contributed by atoms with E-state index in [-0.39, 0.29) is 0 Å². The van der Waals surface area contributed by atoms with E-state index in [9.17, 15) is 0 Å². The average molecular weight is 385 g/mol. The van der Waals surface area contributed by atoms with Crippen LogP contribution in [0.15, 0.2) is 53.4 Å². The zero-order valence-corrected chi connectivity index (χ0v) is 15.8. The van der Waals surface area contributed by atoms with Crippen molar-refractivity contribution in [3.05, 3.63) is 58.6 Å². The maximum Gasteiger partial charge on any atom is 0.170 e. The Bertz CT molecular complexity index is 647. The molecule has 0 spiro atoms. The molecule has 0 saturated heterocycles. The van der Waals surface area contributed by atoms with Crippen LogP contribution in [0.25, 0.3) is 0 Å². The number of hydrogen-bond acceptors (Lipinski definition) is 2. The van der Waals surface area contributed by atoms with Crippen LogP contribution in [0.3, 0.4) is 0 Å². The van der Waals surface area contributed by atoms with Gasteiger partial charge < -0.3 is 10.6 Å². The van der Waals surface area contributed by atoms with Gasteiger partial charge in [0.1, 0.15) is 0 Å². The van der Waals surface area contributed by atoms with Gasteiger partial charge in [-0.05, 0) is 60.6 Å². The minimum absolute atomic E-state index is 0.481. The van der Waals surface area contributed by atoms with Gasteiger partial charge in [-0.3, -0.25) is 0 Å². The monoisotopic (exact) mass is 384 g/mol. The number of benzene rings is 2. The second-order valence-electron chi connectivity index (χ2n) is 5.22. The third kappa shape index (κ3) is 7.00. The molecule has 2 N–H and O–H groups in total. The van der Waals surface area contributed by atoms with E-state index in [4.69, 9.17) is 35.4 Å². The van der Waals surface area contributed by atoms with E-state index in [1.165, 1.54) is 4.90 Å². The van der Waals surface area contributed by atoms with Gasteiger partial charge in [0, 0.05) is 32.9 Å². The summed E-state index contributed by atoms with van der Waals surface area (Å²) in [6.07, 6.45) is 0. The fourth-order valence-corrected chi connectivity index (χ4v) is 3.28. The summed E-state index contributed by atoms with van der Waals surface area (Å²) in [5.41, 5.74) is 0.887. The highest BCUT2D eigenvalue weighted by Gasteiger charge is 2.05. The van der Waals surface area contributed by atoms with Crippen LogP contribution in [-0.2, 0) is 0 Å². The molecule has 0 radical (unpaired) electrons. The summed E-state index contributed by atoms with van der Waals surface area (Å²) in [5, 5.41) is 8.43. The average Bonchev–Trinajstić information content (AvgIpc) is 2.52. The first-order chi connectivity index (χ1) is 11.0.